The van der Waals surface area contributed by atoms with Crippen LogP contribution in [0.15, 0.2) is 47.5 Å². The second-order valence-electron chi connectivity index (χ2n) is 12.1. The number of alkyl halides is 3. The minimum absolute atomic E-state index is 0.0218. The van der Waals surface area contributed by atoms with Gasteiger partial charge < -0.3 is 22.1 Å². The Balaban J connectivity index is 1.45. The third kappa shape index (κ3) is 13.4. The molecule has 0 radical (unpaired) electrons. The third-order valence-corrected chi connectivity index (χ3v) is 8.32. The van der Waals surface area contributed by atoms with Crippen molar-refractivity contribution < 1.29 is 18.0 Å². The van der Waals surface area contributed by atoms with Gasteiger partial charge in [-0.25, -0.2) is 0 Å². The Morgan fingerprint density at radius 3 is 2.30 bits per heavy atom. The number of hydrogen-bond acceptors (Lipinski definition) is 3. The van der Waals surface area contributed by atoms with E-state index in [2.05, 4.69) is 27.8 Å². The van der Waals surface area contributed by atoms with Crippen LogP contribution in [0.4, 0.5) is 13.2 Å². The van der Waals surface area contributed by atoms with Gasteiger partial charge in [0.2, 0.25) is 5.91 Å². The third-order valence-electron chi connectivity index (χ3n) is 8.32. The number of nitrogens with zero attached hydrogens (tertiary/aromatic N) is 1. The molecule has 238 valence electrons. The fourth-order valence-electron chi connectivity index (χ4n) is 5.93. The quantitative estimate of drug-likeness (QED) is 0.0898. The zero-order valence-electron chi connectivity index (χ0n) is 25.7. The highest BCUT2D eigenvalue weighted by Gasteiger charge is 2.31. The highest BCUT2D eigenvalue weighted by atomic mass is 19.4. The lowest BCUT2D eigenvalue weighted by Gasteiger charge is -2.21. The van der Waals surface area contributed by atoms with Crippen LogP contribution in [0.25, 0.3) is 0 Å². The number of carbonyl (C=O) groups is 1. The van der Waals surface area contributed by atoms with Crippen molar-refractivity contribution in [2.24, 2.45) is 22.4 Å². The van der Waals surface area contributed by atoms with E-state index in [1.165, 1.54) is 69.8 Å². The molecule has 2 aromatic rings. The van der Waals surface area contributed by atoms with Gasteiger partial charge >= 0.3 is 6.18 Å². The molecule has 0 unspecified atom stereocenters. The van der Waals surface area contributed by atoms with Crippen molar-refractivity contribution in [3.8, 4) is 0 Å². The van der Waals surface area contributed by atoms with Crippen LogP contribution >= 0.6 is 0 Å². The fraction of sp³-hybridized carbons (Fsp3) is 0.588. The van der Waals surface area contributed by atoms with Crippen LogP contribution in [0.1, 0.15) is 105 Å². The molecular weight excluding hydrogens is 551 g/mol. The number of guanidine groups is 1. The molecule has 6 nitrogen and oxygen atoms in total. The van der Waals surface area contributed by atoms with E-state index < -0.39 is 17.8 Å². The number of unbranched alkanes of at least 4 members (excludes halogenated alkanes) is 3. The lowest BCUT2D eigenvalue weighted by Crippen LogP contribution is -2.43. The van der Waals surface area contributed by atoms with Gasteiger partial charge in [0.05, 0.1) is 11.6 Å². The molecule has 1 atom stereocenters. The van der Waals surface area contributed by atoms with Gasteiger partial charge in [0.25, 0.3) is 0 Å². The molecule has 0 bridgehead atoms. The lowest BCUT2D eigenvalue weighted by atomic mass is 9.85. The van der Waals surface area contributed by atoms with Crippen LogP contribution in [-0.4, -0.2) is 24.5 Å². The van der Waals surface area contributed by atoms with E-state index in [4.69, 9.17) is 11.5 Å². The maximum atomic E-state index is 13.3. The predicted molar refractivity (Wildman–Crippen MR) is 168 cm³/mol. The Morgan fingerprint density at radius 1 is 0.907 bits per heavy atom. The molecule has 0 aliphatic heterocycles. The molecule has 2 aromatic carbocycles. The molecule has 43 heavy (non-hydrogen) atoms. The Bertz CT molecular complexity index is 1140. The number of halogens is 3. The van der Waals surface area contributed by atoms with Crippen LogP contribution in [-0.2, 0) is 30.5 Å². The zero-order valence-corrected chi connectivity index (χ0v) is 25.7. The van der Waals surface area contributed by atoms with Gasteiger partial charge in [0.15, 0.2) is 5.96 Å². The van der Waals surface area contributed by atoms with Crippen LogP contribution in [0.2, 0.25) is 0 Å². The lowest BCUT2D eigenvalue weighted by molar-refractivity contribution is -0.137. The minimum atomic E-state index is -4.43. The number of rotatable bonds is 17. The summed E-state index contributed by atoms with van der Waals surface area (Å²) in [4.78, 5) is 17.1. The molecule has 1 aliphatic carbocycles. The number of carbonyl (C=O) groups excluding carboxylic acids is 1. The summed E-state index contributed by atoms with van der Waals surface area (Å²) < 4.78 is 39.8. The van der Waals surface area contributed by atoms with Crippen molar-refractivity contribution in [2.75, 3.05) is 6.54 Å². The summed E-state index contributed by atoms with van der Waals surface area (Å²) >= 11 is 0. The van der Waals surface area contributed by atoms with Crippen molar-refractivity contribution in [3.05, 3.63) is 70.3 Å². The number of nitrogens with two attached hydrogens (primary N) is 2. The van der Waals surface area contributed by atoms with Crippen LogP contribution < -0.4 is 22.1 Å². The first-order chi connectivity index (χ1) is 20.6. The number of aliphatic imine (C=N–C) groups is 1. The van der Waals surface area contributed by atoms with Crippen molar-refractivity contribution >= 4 is 11.9 Å². The summed E-state index contributed by atoms with van der Waals surface area (Å²) in [6.45, 7) is 2.48. The van der Waals surface area contributed by atoms with Gasteiger partial charge in [-0.1, -0.05) is 93.7 Å². The molecule has 0 spiro atoms. The van der Waals surface area contributed by atoms with Gasteiger partial charge in [-0.2, -0.15) is 13.2 Å². The average Bonchev–Trinajstić information content (AvgIpc) is 2.97. The van der Waals surface area contributed by atoms with Crippen molar-refractivity contribution in [1.82, 2.24) is 10.6 Å². The maximum Gasteiger partial charge on any atom is 0.416 e. The van der Waals surface area contributed by atoms with E-state index in [1.54, 1.807) is 13.0 Å². The first-order valence-electron chi connectivity index (χ1n) is 15.9. The minimum Gasteiger partial charge on any atom is -0.370 e. The van der Waals surface area contributed by atoms with E-state index >= 15 is 0 Å². The molecule has 9 heteroatoms. The number of hydrogen-bond donors (Lipinski definition) is 4. The summed E-state index contributed by atoms with van der Waals surface area (Å²) in [5.41, 5.74) is 13.4. The summed E-state index contributed by atoms with van der Waals surface area (Å²) in [5, 5.41) is 6.12. The molecule has 0 heterocycles. The van der Waals surface area contributed by atoms with Crippen molar-refractivity contribution in [2.45, 2.75) is 116 Å². The normalized spacial score (nSPS) is 14.8. The highest BCUT2D eigenvalue weighted by molar-refractivity contribution is 5.81. The number of nitrogens with one attached hydrogen (secondary N) is 2. The second-order valence-corrected chi connectivity index (χ2v) is 12.1. The number of benzene rings is 2. The highest BCUT2D eigenvalue weighted by Crippen LogP contribution is 2.31. The fourth-order valence-corrected chi connectivity index (χ4v) is 5.93. The largest absolute Gasteiger partial charge is 0.416 e. The molecule has 0 saturated heterocycles. The molecule has 1 saturated carbocycles. The van der Waals surface area contributed by atoms with E-state index in [0.717, 1.165) is 30.0 Å². The predicted octanol–water partition coefficient (Wildman–Crippen LogP) is 6.92. The van der Waals surface area contributed by atoms with Crippen LogP contribution in [0.5, 0.6) is 0 Å². The topological polar surface area (TPSA) is 106 Å². The van der Waals surface area contributed by atoms with E-state index in [9.17, 15) is 18.0 Å². The van der Waals surface area contributed by atoms with Gasteiger partial charge in [-0.3, -0.25) is 9.79 Å². The van der Waals surface area contributed by atoms with Gasteiger partial charge in [-0.05, 0) is 67.3 Å². The summed E-state index contributed by atoms with van der Waals surface area (Å²) in [5.74, 6) is 0.731. The zero-order chi connectivity index (χ0) is 31.1. The maximum absolute atomic E-state index is 13.3. The van der Waals surface area contributed by atoms with Crippen molar-refractivity contribution in [3.63, 3.8) is 0 Å². The molecule has 1 aliphatic rings. The average molecular weight is 602 g/mol. The molecule has 6 N–H and O–H groups in total. The summed E-state index contributed by atoms with van der Waals surface area (Å²) in [7, 11) is 0. The van der Waals surface area contributed by atoms with Crippen molar-refractivity contribution in [1.29, 1.82) is 0 Å². The monoisotopic (exact) mass is 601 g/mol. The first-order valence-corrected chi connectivity index (χ1v) is 15.9. The Labute approximate surface area is 255 Å². The summed E-state index contributed by atoms with van der Waals surface area (Å²) in [6, 6.07) is 11.7. The smallest absolute Gasteiger partial charge is 0.370 e. The Kier molecular flexibility index (Phi) is 14.3. The van der Waals surface area contributed by atoms with Crippen LogP contribution in [0.3, 0.4) is 0 Å². The molecular formula is C34H50F3N5O. The Morgan fingerprint density at radius 2 is 1.60 bits per heavy atom. The SMILES string of the molecule is Cc1cc(CN[C@@H](CCCN=C(N)N)C(=O)NCc2ccc(CCCCCCC3CCCCC3)cc2)cc(C(F)(F)F)c1. The first kappa shape index (κ1) is 34.4. The van der Waals surface area contributed by atoms with Gasteiger partial charge in [0.1, 0.15) is 0 Å². The Hall–Kier alpha value is -3.07. The molecule has 0 aromatic heterocycles. The molecule has 3 rings (SSSR count). The standard InChI is InChI=1S/C34H50F3N5O/c1-25-20-29(22-30(21-25)34(35,36)37)24-41-31(14-9-19-40-33(38)39)32(43)42-23-28-17-15-27(16-18-28)13-6-3-2-5-10-26-11-7-4-8-12-26/h15-18,20-22,26,31,41H,2-14,19,23-24H2,1H3,(H,42,43)(H4,38,39,40)/t31-/m0/s1. The molecule has 1 fully saturated rings. The summed E-state index contributed by atoms with van der Waals surface area (Å²) in [6.07, 6.45) is 11.3. The number of aryl methyl sites for hydroxylation is 2. The second kappa shape index (κ2) is 17.9. The van der Waals surface area contributed by atoms with E-state index in [0.29, 0.717) is 37.1 Å². The van der Waals surface area contributed by atoms with Crippen LogP contribution in [0, 0.1) is 12.8 Å². The van der Waals surface area contributed by atoms with Gasteiger partial charge in [-0.15, -0.1) is 0 Å². The number of amides is 1. The van der Waals surface area contributed by atoms with E-state index in [-0.39, 0.29) is 18.4 Å². The van der Waals surface area contributed by atoms with E-state index in [1.807, 2.05) is 12.1 Å². The van der Waals surface area contributed by atoms with Gasteiger partial charge in [0, 0.05) is 19.6 Å². The molecule has 1 amide bonds.